The zero-order chi connectivity index (χ0) is 33.4. The molecule has 2 amide bonds. The van der Waals surface area contributed by atoms with E-state index in [9.17, 15) is 23.1 Å². The molecule has 244 valence electrons. The van der Waals surface area contributed by atoms with Crippen LogP contribution in [0.1, 0.15) is 69.2 Å². The second-order valence-corrected chi connectivity index (χ2v) is 13.5. The van der Waals surface area contributed by atoms with Crippen LogP contribution in [0.25, 0.3) is 0 Å². The monoisotopic (exact) mass is 647 g/mol. The van der Waals surface area contributed by atoms with Crippen molar-refractivity contribution in [3.63, 3.8) is 0 Å². The minimum Gasteiger partial charge on any atom is -0.390 e. The van der Waals surface area contributed by atoms with E-state index in [2.05, 4.69) is 21.1 Å². The zero-order valence-corrected chi connectivity index (χ0v) is 27.4. The lowest BCUT2D eigenvalue weighted by Crippen LogP contribution is -2.49. The molecule has 0 aliphatic rings. The zero-order valence-electron chi connectivity index (χ0n) is 26.6. The van der Waals surface area contributed by atoms with Crippen molar-refractivity contribution in [3.8, 4) is 0 Å². The van der Waals surface area contributed by atoms with Gasteiger partial charge in [0, 0.05) is 30.8 Å². The minimum absolute atomic E-state index is 0.0641. The summed E-state index contributed by atoms with van der Waals surface area (Å²) in [6, 6.07) is 23.6. The van der Waals surface area contributed by atoms with Crippen LogP contribution in [0, 0.1) is 6.92 Å². The van der Waals surface area contributed by atoms with E-state index in [1.165, 1.54) is 25.2 Å². The Bertz CT molecular complexity index is 1730. The van der Waals surface area contributed by atoms with E-state index in [1.54, 1.807) is 0 Å². The van der Waals surface area contributed by atoms with Gasteiger partial charge in [-0.05, 0) is 56.5 Å². The van der Waals surface area contributed by atoms with E-state index in [0.717, 1.165) is 27.4 Å². The quantitative estimate of drug-likeness (QED) is 0.161. The fraction of sp³-hybridized carbons (Fsp3) is 0.324. The molecule has 4 N–H and O–H groups in total. The van der Waals surface area contributed by atoms with Gasteiger partial charge >= 0.3 is 0 Å². The first-order chi connectivity index (χ1) is 21.8. The topological polar surface area (TPSA) is 154 Å². The van der Waals surface area contributed by atoms with Crippen LogP contribution in [0.3, 0.4) is 0 Å². The van der Waals surface area contributed by atoms with Crippen LogP contribution in [0.4, 0.5) is 5.69 Å². The Kier molecular flexibility index (Phi) is 11.3. The number of aryl methyl sites for hydroxylation is 1. The molecule has 46 heavy (non-hydrogen) atoms. The number of anilines is 1. The second kappa shape index (κ2) is 15.2. The molecule has 0 fully saturated rings. The van der Waals surface area contributed by atoms with Gasteiger partial charge in [-0.1, -0.05) is 65.8 Å². The number of aromatic nitrogens is 1. The molecule has 0 aliphatic heterocycles. The molecule has 3 aromatic carbocycles. The van der Waals surface area contributed by atoms with Crippen LogP contribution in [0.2, 0.25) is 0 Å². The molecule has 0 radical (unpaired) electrons. The SMILES string of the molecule is Cc1cc(C(C)NCC(O)C(Cc2ccccc2)NC(=O)c2cc(C(=O)NC(C)c3ccccc3)cc(N(C)S(C)(=O)=O)c2)on1. The number of aliphatic hydroxyl groups is 1. The Morgan fingerprint density at radius 1 is 0.891 bits per heavy atom. The van der Waals surface area contributed by atoms with Gasteiger partial charge in [0.05, 0.1) is 41.9 Å². The number of hydrogen-bond acceptors (Lipinski definition) is 8. The lowest BCUT2D eigenvalue weighted by molar-refractivity contribution is 0.0823. The maximum atomic E-state index is 13.8. The average Bonchev–Trinajstić information content (AvgIpc) is 3.49. The summed E-state index contributed by atoms with van der Waals surface area (Å²) < 4.78 is 31.2. The molecule has 4 atom stereocenters. The summed E-state index contributed by atoms with van der Waals surface area (Å²) in [6.45, 7) is 5.66. The highest BCUT2D eigenvalue weighted by Crippen LogP contribution is 2.23. The molecule has 1 aromatic heterocycles. The Morgan fingerprint density at radius 3 is 2.04 bits per heavy atom. The highest BCUT2D eigenvalue weighted by atomic mass is 32.2. The summed E-state index contributed by atoms with van der Waals surface area (Å²) in [5.74, 6) is -0.434. The van der Waals surface area contributed by atoms with Crippen LogP contribution in [0.5, 0.6) is 0 Å². The van der Waals surface area contributed by atoms with E-state index >= 15 is 0 Å². The van der Waals surface area contributed by atoms with Crippen molar-refractivity contribution in [1.82, 2.24) is 21.1 Å². The normalized spacial score (nSPS) is 14.1. The number of nitrogens with one attached hydrogen (secondary N) is 3. The maximum Gasteiger partial charge on any atom is 0.251 e. The third-order valence-corrected chi connectivity index (χ3v) is 8.94. The van der Waals surface area contributed by atoms with Crippen LogP contribution in [0.15, 0.2) is 89.5 Å². The van der Waals surface area contributed by atoms with Gasteiger partial charge in [0.2, 0.25) is 10.0 Å². The fourth-order valence-corrected chi connectivity index (χ4v) is 5.37. The van der Waals surface area contributed by atoms with Gasteiger partial charge < -0.3 is 25.6 Å². The van der Waals surface area contributed by atoms with Crippen LogP contribution in [-0.2, 0) is 16.4 Å². The van der Waals surface area contributed by atoms with Gasteiger partial charge in [-0.15, -0.1) is 0 Å². The Hall–Kier alpha value is -4.52. The van der Waals surface area contributed by atoms with Crippen molar-refractivity contribution in [3.05, 3.63) is 119 Å². The van der Waals surface area contributed by atoms with E-state index < -0.39 is 34.0 Å². The number of aliphatic hydroxyl groups excluding tert-OH is 1. The number of sulfonamides is 1. The van der Waals surface area contributed by atoms with Gasteiger partial charge in [-0.3, -0.25) is 13.9 Å². The van der Waals surface area contributed by atoms with Crippen molar-refractivity contribution < 1.29 is 27.6 Å². The van der Waals surface area contributed by atoms with Crippen LogP contribution in [-0.4, -0.2) is 62.5 Å². The van der Waals surface area contributed by atoms with Gasteiger partial charge in [0.1, 0.15) is 0 Å². The molecule has 0 spiro atoms. The number of amides is 2. The molecule has 4 rings (SSSR count). The van der Waals surface area contributed by atoms with E-state index in [4.69, 9.17) is 4.52 Å². The summed E-state index contributed by atoms with van der Waals surface area (Å²) >= 11 is 0. The predicted molar refractivity (Wildman–Crippen MR) is 177 cm³/mol. The highest BCUT2D eigenvalue weighted by molar-refractivity contribution is 7.92. The van der Waals surface area contributed by atoms with Gasteiger partial charge in [-0.2, -0.15) is 0 Å². The van der Waals surface area contributed by atoms with Crippen molar-refractivity contribution in [2.45, 2.75) is 51.4 Å². The second-order valence-electron chi connectivity index (χ2n) is 11.4. The summed E-state index contributed by atoms with van der Waals surface area (Å²) in [7, 11) is -2.36. The van der Waals surface area contributed by atoms with Crippen molar-refractivity contribution in [2.75, 3.05) is 24.2 Å². The molecule has 0 saturated heterocycles. The third kappa shape index (κ3) is 9.25. The highest BCUT2D eigenvalue weighted by Gasteiger charge is 2.26. The number of hydrogen-bond donors (Lipinski definition) is 4. The molecule has 4 unspecified atom stereocenters. The summed E-state index contributed by atoms with van der Waals surface area (Å²) in [4.78, 5) is 27.2. The van der Waals surface area contributed by atoms with Crippen molar-refractivity contribution >= 4 is 27.5 Å². The number of rotatable bonds is 14. The minimum atomic E-state index is -3.71. The van der Waals surface area contributed by atoms with Gasteiger partial charge in [-0.25, -0.2) is 8.42 Å². The number of benzene rings is 3. The van der Waals surface area contributed by atoms with Gasteiger partial charge in [0.15, 0.2) is 5.76 Å². The molecule has 4 aromatic rings. The summed E-state index contributed by atoms with van der Waals surface area (Å²) in [5.41, 5.74) is 2.84. The molecule has 0 aliphatic carbocycles. The van der Waals surface area contributed by atoms with E-state index in [1.807, 2.05) is 87.5 Å². The number of nitrogens with zero attached hydrogens (tertiary/aromatic N) is 2. The molecule has 1 heterocycles. The Balaban J connectivity index is 1.60. The van der Waals surface area contributed by atoms with E-state index in [0.29, 0.717) is 12.2 Å². The molecular weight excluding hydrogens is 606 g/mol. The standard InChI is InChI=1S/C34H41N5O6S/c1-22-16-32(45-38-22)24(3)35-21-31(40)30(17-25-12-8-6-9-13-25)37-34(42)28-18-27(19-29(20-28)39(4)46(5,43)44)33(41)36-23(2)26-14-10-7-11-15-26/h6-16,18-20,23-24,30-31,35,40H,17,21H2,1-5H3,(H,36,41)(H,37,42). The fourth-order valence-electron chi connectivity index (χ4n) is 4.88. The molecule has 11 nitrogen and oxygen atoms in total. The van der Waals surface area contributed by atoms with Crippen molar-refractivity contribution in [2.24, 2.45) is 0 Å². The first kappa shape index (κ1) is 34.4. The van der Waals surface area contributed by atoms with Gasteiger partial charge in [0.25, 0.3) is 11.8 Å². The van der Waals surface area contributed by atoms with E-state index in [-0.39, 0.29) is 35.4 Å². The molecule has 0 bridgehead atoms. The average molecular weight is 648 g/mol. The molecule has 0 saturated carbocycles. The first-order valence-electron chi connectivity index (χ1n) is 15.0. The third-order valence-electron chi connectivity index (χ3n) is 7.74. The number of carbonyl (C=O) groups is 2. The van der Waals surface area contributed by atoms with Crippen molar-refractivity contribution in [1.29, 1.82) is 0 Å². The first-order valence-corrected chi connectivity index (χ1v) is 16.8. The number of carbonyl (C=O) groups excluding carboxylic acids is 2. The lowest BCUT2D eigenvalue weighted by atomic mass is 9.99. The van der Waals surface area contributed by atoms with Crippen LogP contribution < -0.4 is 20.3 Å². The predicted octanol–water partition coefficient (Wildman–Crippen LogP) is 3.92. The maximum absolute atomic E-state index is 13.8. The Labute approximate surface area is 270 Å². The summed E-state index contributed by atoms with van der Waals surface area (Å²) in [6.07, 6.45) is 0.333. The Morgan fingerprint density at radius 2 is 1.48 bits per heavy atom. The summed E-state index contributed by atoms with van der Waals surface area (Å²) in [5, 5.41) is 24.3. The molecular formula is C34H41N5O6S. The lowest BCUT2D eigenvalue weighted by Gasteiger charge is -2.26. The largest absolute Gasteiger partial charge is 0.390 e. The van der Waals surface area contributed by atoms with Crippen LogP contribution >= 0.6 is 0 Å². The smallest absolute Gasteiger partial charge is 0.251 e. The molecule has 12 heteroatoms.